The van der Waals surface area contributed by atoms with E-state index in [2.05, 4.69) is 10.1 Å². The van der Waals surface area contributed by atoms with E-state index in [1.165, 1.54) is 11.8 Å². The minimum absolute atomic E-state index is 0.556. The number of nitrogens with zero attached hydrogens (tertiary/aromatic N) is 3. The molecule has 62 valence electrons. The van der Waals surface area contributed by atoms with Crippen LogP contribution in [0, 0.1) is 0 Å². The maximum Gasteiger partial charge on any atom is 0.242 e. The first-order valence-corrected chi connectivity index (χ1v) is 3.95. The molecule has 0 spiro atoms. The molecule has 0 aliphatic heterocycles. The second-order valence-corrected chi connectivity index (χ2v) is 2.93. The summed E-state index contributed by atoms with van der Waals surface area (Å²) in [5.41, 5.74) is 2.34. The fourth-order valence-corrected chi connectivity index (χ4v) is 1.72. The summed E-state index contributed by atoms with van der Waals surface area (Å²) in [5.74, 6) is 0.556. The second kappa shape index (κ2) is 2.57. The highest BCUT2D eigenvalue weighted by Gasteiger charge is 2.20. The fraction of sp³-hybridized carbons (Fsp3) is 0.500. The van der Waals surface area contributed by atoms with Gasteiger partial charge in [0.15, 0.2) is 5.82 Å². The van der Waals surface area contributed by atoms with E-state index in [-0.39, 0.29) is 0 Å². The molecule has 4 heteroatoms. The molecule has 0 amide bonds. The highest BCUT2D eigenvalue weighted by molar-refractivity contribution is 5.51. The number of hydrogen-bond acceptors (Lipinski definition) is 3. The monoisotopic (exact) mass is 163 g/mol. The van der Waals surface area contributed by atoms with E-state index in [9.17, 15) is 4.79 Å². The van der Waals surface area contributed by atoms with Gasteiger partial charge in [0.2, 0.25) is 6.08 Å². The number of aryl methyl sites for hydroxylation is 1. The molecular weight excluding hydrogens is 154 g/mol. The van der Waals surface area contributed by atoms with Gasteiger partial charge in [-0.3, -0.25) is 4.68 Å². The van der Waals surface area contributed by atoms with Gasteiger partial charge >= 0.3 is 0 Å². The number of fused-ring (bicyclic) bond motifs is 1. The van der Waals surface area contributed by atoms with Gasteiger partial charge in [-0.05, 0) is 19.3 Å². The van der Waals surface area contributed by atoms with Gasteiger partial charge < -0.3 is 0 Å². The Bertz CT molecular complexity index is 361. The fourth-order valence-electron chi connectivity index (χ4n) is 1.72. The Kier molecular flexibility index (Phi) is 1.55. The average Bonchev–Trinajstić information content (AvgIpc) is 2.58. The number of hydrogen-bond donors (Lipinski definition) is 0. The molecule has 1 aliphatic rings. The summed E-state index contributed by atoms with van der Waals surface area (Å²) in [5, 5.41) is 4.11. The quantitative estimate of drug-likeness (QED) is 0.455. The molecule has 1 aromatic heterocycles. The summed E-state index contributed by atoms with van der Waals surface area (Å²) in [6.45, 7) is 0. The Morgan fingerprint density at radius 1 is 1.58 bits per heavy atom. The minimum atomic E-state index is 0.556. The van der Waals surface area contributed by atoms with Gasteiger partial charge in [0.05, 0.1) is 0 Å². The number of isocyanates is 1. The maximum atomic E-state index is 10.0. The van der Waals surface area contributed by atoms with Crippen LogP contribution in [0.3, 0.4) is 0 Å². The van der Waals surface area contributed by atoms with Gasteiger partial charge in [-0.2, -0.15) is 5.10 Å². The normalized spacial score (nSPS) is 14.1. The van der Waals surface area contributed by atoms with E-state index in [0.29, 0.717) is 5.82 Å². The van der Waals surface area contributed by atoms with E-state index in [1.807, 2.05) is 7.05 Å². The SMILES string of the molecule is Cn1nc(N=C=O)c2c1CCC2. The van der Waals surface area contributed by atoms with Crippen molar-refractivity contribution in [3.05, 3.63) is 11.3 Å². The molecule has 4 nitrogen and oxygen atoms in total. The largest absolute Gasteiger partial charge is 0.270 e. The molecule has 0 bridgehead atoms. The Hall–Kier alpha value is -1.41. The van der Waals surface area contributed by atoms with Gasteiger partial charge in [-0.25, -0.2) is 4.79 Å². The van der Waals surface area contributed by atoms with Crippen LogP contribution in [0.2, 0.25) is 0 Å². The van der Waals surface area contributed by atoms with Crippen molar-refractivity contribution < 1.29 is 4.79 Å². The highest BCUT2D eigenvalue weighted by Crippen LogP contribution is 2.29. The van der Waals surface area contributed by atoms with E-state index in [0.717, 1.165) is 24.8 Å². The first kappa shape index (κ1) is 7.25. The molecule has 0 atom stereocenters. The smallest absolute Gasteiger partial charge is 0.242 e. The van der Waals surface area contributed by atoms with Crippen molar-refractivity contribution >= 4 is 11.9 Å². The summed E-state index contributed by atoms with van der Waals surface area (Å²) in [6.07, 6.45) is 4.71. The van der Waals surface area contributed by atoms with Crippen LogP contribution in [0.15, 0.2) is 4.99 Å². The molecule has 1 aliphatic carbocycles. The molecule has 1 heterocycles. The van der Waals surface area contributed by atoms with Crippen molar-refractivity contribution in [2.45, 2.75) is 19.3 Å². The lowest BCUT2D eigenvalue weighted by Crippen LogP contribution is -1.95. The standard InChI is InChI=1S/C8H9N3O/c1-11-7-4-2-3-6(7)8(10-11)9-5-12/h2-4H2,1H3. The number of aromatic nitrogens is 2. The van der Waals surface area contributed by atoms with E-state index in [4.69, 9.17) is 0 Å². The predicted molar refractivity (Wildman–Crippen MR) is 43.0 cm³/mol. The van der Waals surface area contributed by atoms with Crippen LogP contribution in [0.1, 0.15) is 17.7 Å². The Labute approximate surface area is 69.9 Å². The number of aliphatic imine (C=N–C) groups is 1. The third kappa shape index (κ3) is 0.889. The van der Waals surface area contributed by atoms with Crippen LogP contribution >= 0.6 is 0 Å². The van der Waals surface area contributed by atoms with Gasteiger partial charge in [0.1, 0.15) is 0 Å². The molecule has 12 heavy (non-hydrogen) atoms. The van der Waals surface area contributed by atoms with Crippen molar-refractivity contribution in [3.63, 3.8) is 0 Å². The lowest BCUT2D eigenvalue weighted by atomic mass is 10.3. The van der Waals surface area contributed by atoms with Crippen LogP contribution in [-0.4, -0.2) is 15.9 Å². The predicted octanol–water partition coefficient (Wildman–Crippen LogP) is 0.876. The first-order valence-electron chi connectivity index (χ1n) is 3.95. The van der Waals surface area contributed by atoms with E-state index >= 15 is 0 Å². The zero-order valence-electron chi connectivity index (χ0n) is 6.87. The lowest BCUT2D eigenvalue weighted by Gasteiger charge is -1.92. The molecule has 0 saturated heterocycles. The zero-order valence-corrected chi connectivity index (χ0v) is 6.87. The summed E-state index contributed by atoms with van der Waals surface area (Å²) in [6, 6.07) is 0. The lowest BCUT2D eigenvalue weighted by molar-refractivity contribution is 0.565. The van der Waals surface area contributed by atoms with Crippen molar-refractivity contribution in [1.82, 2.24) is 9.78 Å². The summed E-state index contributed by atoms with van der Waals surface area (Å²) in [4.78, 5) is 13.6. The van der Waals surface area contributed by atoms with Gasteiger partial charge in [0, 0.05) is 18.3 Å². The summed E-state index contributed by atoms with van der Waals surface area (Å²) in [7, 11) is 1.88. The third-order valence-electron chi connectivity index (χ3n) is 2.25. The molecule has 1 aromatic rings. The summed E-state index contributed by atoms with van der Waals surface area (Å²) < 4.78 is 1.80. The highest BCUT2D eigenvalue weighted by atomic mass is 16.1. The average molecular weight is 163 g/mol. The van der Waals surface area contributed by atoms with E-state index in [1.54, 1.807) is 4.68 Å². The zero-order chi connectivity index (χ0) is 8.55. The second-order valence-electron chi connectivity index (χ2n) is 2.93. The van der Waals surface area contributed by atoms with Crippen molar-refractivity contribution in [3.8, 4) is 0 Å². The van der Waals surface area contributed by atoms with Crippen molar-refractivity contribution in [1.29, 1.82) is 0 Å². The number of rotatable bonds is 1. The Morgan fingerprint density at radius 3 is 3.17 bits per heavy atom. The van der Waals surface area contributed by atoms with Crippen LogP contribution < -0.4 is 0 Å². The molecule has 0 radical (unpaired) electrons. The molecule has 0 N–H and O–H groups in total. The van der Waals surface area contributed by atoms with E-state index < -0.39 is 0 Å². The first-order chi connectivity index (χ1) is 5.83. The molecule has 0 saturated carbocycles. The van der Waals surface area contributed by atoms with Gasteiger partial charge in [-0.15, -0.1) is 4.99 Å². The summed E-state index contributed by atoms with van der Waals surface area (Å²) >= 11 is 0. The van der Waals surface area contributed by atoms with Crippen molar-refractivity contribution in [2.24, 2.45) is 12.0 Å². The van der Waals surface area contributed by atoms with Gasteiger partial charge in [0.25, 0.3) is 0 Å². The molecule has 0 aromatic carbocycles. The Balaban J connectivity index is 2.57. The minimum Gasteiger partial charge on any atom is -0.270 e. The molecule has 0 unspecified atom stereocenters. The van der Waals surface area contributed by atoms with Crippen LogP contribution in [0.25, 0.3) is 0 Å². The third-order valence-corrected chi connectivity index (χ3v) is 2.25. The van der Waals surface area contributed by atoms with Crippen LogP contribution in [-0.2, 0) is 24.7 Å². The van der Waals surface area contributed by atoms with Gasteiger partial charge in [-0.1, -0.05) is 0 Å². The maximum absolute atomic E-state index is 10.0. The van der Waals surface area contributed by atoms with Crippen LogP contribution in [0.5, 0.6) is 0 Å². The molecule has 2 rings (SSSR count). The molecular formula is C8H9N3O. The molecule has 0 fully saturated rings. The Morgan fingerprint density at radius 2 is 2.42 bits per heavy atom. The number of carbonyl (C=O) groups excluding carboxylic acids is 1. The van der Waals surface area contributed by atoms with Crippen LogP contribution in [0.4, 0.5) is 5.82 Å². The van der Waals surface area contributed by atoms with Crippen molar-refractivity contribution in [2.75, 3.05) is 0 Å². The topological polar surface area (TPSA) is 47.2 Å².